The molecular formula is C15H28N2O2. The van der Waals surface area contributed by atoms with Gasteiger partial charge in [0.25, 0.3) is 0 Å². The van der Waals surface area contributed by atoms with Gasteiger partial charge in [-0.3, -0.25) is 4.79 Å². The molecule has 0 bridgehead atoms. The molecule has 1 amide bonds. The summed E-state index contributed by atoms with van der Waals surface area (Å²) in [4.78, 5) is 12.3. The fourth-order valence-corrected chi connectivity index (χ4v) is 3.27. The summed E-state index contributed by atoms with van der Waals surface area (Å²) in [7, 11) is 0. The van der Waals surface area contributed by atoms with E-state index in [0.29, 0.717) is 5.92 Å². The lowest BCUT2D eigenvalue weighted by Gasteiger charge is -2.37. The van der Waals surface area contributed by atoms with Gasteiger partial charge in [0.05, 0.1) is 5.60 Å². The van der Waals surface area contributed by atoms with Crippen molar-refractivity contribution in [2.45, 2.75) is 70.6 Å². The molecule has 3 N–H and O–H groups in total. The number of rotatable bonds is 2. The van der Waals surface area contributed by atoms with Gasteiger partial charge >= 0.3 is 0 Å². The molecule has 4 heteroatoms. The summed E-state index contributed by atoms with van der Waals surface area (Å²) in [6.45, 7) is 7.09. The quantitative estimate of drug-likeness (QED) is 0.803. The van der Waals surface area contributed by atoms with E-state index in [-0.39, 0.29) is 29.5 Å². The Morgan fingerprint density at radius 1 is 1.32 bits per heavy atom. The molecule has 4 atom stereocenters. The van der Waals surface area contributed by atoms with E-state index in [0.717, 1.165) is 38.7 Å². The molecular weight excluding hydrogens is 240 g/mol. The number of hydrogen-bond donors (Lipinski definition) is 2. The maximum Gasteiger partial charge on any atom is 0.223 e. The molecule has 0 radical (unpaired) electrons. The first kappa shape index (κ1) is 14.8. The van der Waals surface area contributed by atoms with E-state index in [1.165, 1.54) is 0 Å². The first-order valence-corrected chi connectivity index (χ1v) is 7.57. The first-order chi connectivity index (χ1) is 8.87. The fraction of sp³-hybridized carbons (Fsp3) is 0.933. The SMILES string of the molecule is CC1CCC(C(=O)NC2CCOC(C)(C)C2)CC1N. The Kier molecular flexibility index (Phi) is 4.51. The molecule has 1 heterocycles. The predicted octanol–water partition coefficient (Wildman–Crippen LogP) is 1.82. The molecule has 4 unspecified atom stereocenters. The van der Waals surface area contributed by atoms with Crippen LogP contribution in [0.15, 0.2) is 0 Å². The number of ether oxygens (including phenoxy) is 1. The largest absolute Gasteiger partial charge is 0.375 e. The predicted molar refractivity (Wildman–Crippen MR) is 75.7 cm³/mol. The number of nitrogens with one attached hydrogen (secondary N) is 1. The minimum atomic E-state index is -0.117. The molecule has 1 aliphatic carbocycles. The van der Waals surface area contributed by atoms with Crippen LogP contribution < -0.4 is 11.1 Å². The van der Waals surface area contributed by atoms with E-state index in [4.69, 9.17) is 10.5 Å². The van der Waals surface area contributed by atoms with Gasteiger partial charge in [0, 0.05) is 24.6 Å². The standard InChI is InChI=1S/C15H28N2O2/c1-10-4-5-11(8-13(10)16)14(18)17-12-6-7-19-15(2,3)9-12/h10-13H,4-9,16H2,1-3H3,(H,17,18). The minimum Gasteiger partial charge on any atom is -0.375 e. The van der Waals surface area contributed by atoms with Gasteiger partial charge in [-0.2, -0.15) is 0 Å². The summed E-state index contributed by atoms with van der Waals surface area (Å²) in [5.74, 6) is 0.855. The van der Waals surface area contributed by atoms with Crippen LogP contribution >= 0.6 is 0 Å². The number of nitrogens with two attached hydrogens (primary N) is 1. The van der Waals surface area contributed by atoms with Gasteiger partial charge in [-0.1, -0.05) is 6.92 Å². The third-order valence-electron chi connectivity index (χ3n) is 4.67. The van der Waals surface area contributed by atoms with Gasteiger partial charge in [-0.05, 0) is 51.9 Å². The van der Waals surface area contributed by atoms with Crippen molar-refractivity contribution in [2.75, 3.05) is 6.61 Å². The summed E-state index contributed by atoms with van der Waals surface area (Å²) in [5, 5.41) is 3.21. The van der Waals surface area contributed by atoms with Crippen molar-refractivity contribution < 1.29 is 9.53 Å². The van der Waals surface area contributed by atoms with E-state index in [2.05, 4.69) is 26.1 Å². The Bertz CT molecular complexity index is 330. The van der Waals surface area contributed by atoms with E-state index >= 15 is 0 Å². The van der Waals surface area contributed by atoms with E-state index in [1.54, 1.807) is 0 Å². The van der Waals surface area contributed by atoms with E-state index < -0.39 is 0 Å². The van der Waals surface area contributed by atoms with Crippen molar-refractivity contribution in [3.8, 4) is 0 Å². The van der Waals surface area contributed by atoms with Gasteiger partial charge < -0.3 is 15.8 Å². The summed E-state index contributed by atoms with van der Waals surface area (Å²) in [5.41, 5.74) is 5.97. The second-order valence-electron chi connectivity index (χ2n) is 6.96. The minimum absolute atomic E-state index is 0.108. The Labute approximate surface area is 116 Å². The van der Waals surface area contributed by atoms with E-state index in [1.807, 2.05) is 0 Å². The summed E-state index contributed by atoms with van der Waals surface area (Å²) < 4.78 is 5.68. The maximum atomic E-state index is 12.3. The molecule has 110 valence electrons. The summed E-state index contributed by atoms with van der Waals surface area (Å²) in [6.07, 6.45) is 4.70. The first-order valence-electron chi connectivity index (χ1n) is 7.57. The molecule has 19 heavy (non-hydrogen) atoms. The van der Waals surface area contributed by atoms with Gasteiger partial charge in [0.1, 0.15) is 0 Å². The van der Waals surface area contributed by atoms with Crippen LogP contribution in [0.25, 0.3) is 0 Å². The molecule has 1 saturated heterocycles. The molecule has 4 nitrogen and oxygen atoms in total. The van der Waals surface area contributed by atoms with Crippen molar-refractivity contribution in [2.24, 2.45) is 17.6 Å². The van der Waals surface area contributed by atoms with Gasteiger partial charge in [-0.15, -0.1) is 0 Å². The molecule has 0 spiro atoms. The van der Waals surface area contributed by atoms with Crippen LogP contribution in [-0.4, -0.2) is 30.2 Å². The van der Waals surface area contributed by atoms with Crippen molar-refractivity contribution >= 4 is 5.91 Å². The molecule has 0 aromatic heterocycles. The summed E-state index contributed by atoms with van der Waals surface area (Å²) in [6, 6.07) is 0.433. The smallest absolute Gasteiger partial charge is 0.223 e. The van der Waals surface area contributed by atoms with Crippen molar-refractivity contribution in [3.63, 3.8) is 0 Å². The van der Waals surface area contributed by atoms with Crippen molar-refractivity contribution in [1.29, 1.82) is 0 Å². The Hall–Kier alpha value is -0.610. The van der Waals surface area contributed by atoms with Crippen LogP contribution in [0.2, 0.25) is 0 Å². The molecule has 2 aliphatic rings. The number of hydrogen-bond acceptors (Lipinski definition) is 3. The van der Waals surface area contributed by atoms with Crippen molar-refractivity contribution in [1.82, 2.24) is 5.32 Å². The zero-order chi connectivity index (χ0) is 14.0. The number of amides is 1. The number of carbonyl (C=O) groups is 1. The van der Waals surface area contributed by atoms with Gasteiger partial charge in [0.2, 0.25) is 5.91 Å². The highest BCUT2D eigenvalue weighted by Gasteiger charge is 2.33. The Morgan fingerprint density at radius 3 is 2.68 bits per heavy atom. The highest BCUT2D eigenvalue weighted by molar-refractivity contribution is 5.79. The third kappa shape index (κ3) is 3.93. The maximum absolute atomic E-state index is 12.3. The Morgan fingerprint density at radius 2 is 2.05 bits per heavy atom. The molecule has 2 fully saturated rings. The average molecular weight is 268 g/mol. The normalized spacial score (nSPS) is 38.7. The molecule has 2 rings (SSSR count). The Balaban J connectivity index is 1.84. The molecule has 0 aromatic rings. The lowest BCUT2D eigenvalue weighted by molar-refractivity contribution is -0.129. The van der Waals surface area contributed by atoms with Gasteiger partial charge in [-0.25, -0.2) is 0 Å². The zero-order valence-electron chi connectivity index (χ0n) is 12.4. The topological polar surface area (TPSA) is 64.3 Å². The van der Waals surface area contributed by atoms with Gasteiger partial charge in [0.15, 0.2) is 0 Å². The average Bonchev–Trinajstić information content (AvgIpc) is 2.31. The van der Waals surface area contributed by atoms with Crippen molar-refractivity contribution in [3.05, 3.63) is 0 Å². The highest BCUT2D eigenvalue weighted by atomic mass is 16.5. The zero-order valence-corrected chi connectivity index (χ0v) is 12.4. The monoisotopic (exact) mass is 268 g/mol. The van der Waals surface area contributed by atoms with Crippen LogP contribution in [0, 0.1) is 11.8 Å². The third-order valence-corrected chi connectivity index (χ3v) is 4.67. The van der Waals surface area contributed by atoms with E-state index in [9.17, 15) is 4.79 Å². The molecule has 1 saturated carbocycles. The second-order valence-corrected chi connectivity index (χ2v) is 6.96. The van der Waals surface area contributed by atoms with Crippen LogP contribution in [0.4, 0.5) is 0 Å². The summed E-state index contributed by atoms with van der Waals surface area (Å²) >= 11 is 0. The number of carbonyl (C=O) groups excluding carboxylic acids is 1. The van der Waals surface area contributed by atoms with Crippen LogP contribution in [-0.2, 0) is 9.53 Å². The van der Waals surface area contributed by atoms with Crippen LogP contribution in [0.1, 0.15) is 52.9 Å². The van der Waals surface area contributed by atoms with Crippen LogP contribution in [0.3, 0.4) is 0 Å². The lowest BCUT2D eigenvalue weighted by Crippen LogP contribution is -2.49. The highest BCUT2D eigenvalue weighted by Crippen LogP contribution is 2.29. The second kappa shape index (κ2) is 5.80. The molecule has 1 aliphatic heterocycles. The lowest BCUT2D eigenvalue weighted by atomic mass is 9.79. The fourth-order valence-electron chi connectivity index (χ4n) is 3.27. The molecule has 0 aromatic carbocycles. The van der Waals surface area contributed by atoms with Crippen LogP contribution in [0.5, 0.6) is 0 Å².